The first kappa shape index (κ1) is 8.20. The summed E-state index contributed by atoms with van der Waals surface area (Å²) in [6.45, 7) is 4.81. The van der Waals surface area contributed by atoms with Crippen LogP contribution in [0.25, 0.3) is 4.85 Å². The highest BCUT2D eigenvalue weighted by atomic mass is 31.0. The molecule has 0 aliphatic heterocycles. The molecule has 4 nitrogen and oxygen atoms in total. The molecule has 0 aromatic rings. The van der Waals surface area contributed by atoms with Gasteiger partial charge in [0.1, 0.15) is 0 Å². The number of hydrogen-bond donors (Lipinski definition) is 2. The van der Waals surface area contributed by atoms with Crippen LogP contribution < -0.4 is 11.5 Å². The quantitative estimate of drug-likeness (QED) is 0.221. The lowest BCUT2D eigenvalue weighted by molar-refractivity contribution is 0.226. The van der Waals surface area contributed by atoms with Gasteiger partial charge in [-0.1, -0.05) is 0 Å². The molecule has 9 heavy (non-hydrogen) atoms. The van der Waals surface area contributed by atoms with Gasteiger partial charge in [0.05, 0.1) is 5.92 Å². The lowest BCUT2D eigenvalue weighted by Crippen LogP contribution is -2.34. The predicted octanol–water partition coefficient (Wildman–Crippen LogP) is -0.712. The molecule has 0 aliphatic carbocycles. The standard InChI is InChI=1S/C4H7N3OP/c1-7-4(6,8-9)2-3-5/h1H,5-6,9H2/q+1. The summed E-state index contributed by atoms with van der Waals surface area (Å²) in [7, 11) is 1.89. The van der Waals surface area contributed by atoms with Crippen LogP contribution in [0.2, 0.25) is 0 Å². The lowest BCUT2D eigenvalue weighted by atomic mass is 10.5. The minimum Gasteiger partial charge on any atom is -0.359 e. The molecule has 0 bridgehead atoms. The van der Waals surface area contributed by atoms with Crippen LogP contribution in [-0.2, 0) is 4.52 Å². The van der Waals surface area contributed by atoms with Gasteiger partial charge in [0.25, 0.3) is 6.57 Å². The maximum absolute atomic E-state index is 5.22. The van der Waals surface area contributed by atoms with Crippen LogP contribution >= 0.6 is 9.47 Å². The molecule has 0 heterocycles. The van der Waals surface area contributed by atoms with E-state index in [9.17, 15) is 0 Å². The maximum atomic E-state index is 5.22. The molecular formula is C4H7N3OP+. The summed E-state index contributed by atoms with van der Waals surface area (Å²) in [5, 5.41) is 0. The van der Waals surface area contributed by atoms with E-state index in [2.05, 4.69) is 15.3 Å². The van der Waals surface area contributed by atoms with Gasteiger partial charge in [-0.2, -0.15) is 0 Å². The Labute approximate surface area is 55.6 Å². The Morgan fingerprint density at radius 2 is 2.33 bits per heavy atom. The zero-order valence-corrected chi connectivity index (χ0v) is 5.82. The molecule has 0 amide bonds. The van der Waals surface area contributed by atoms with Gasteiger partial charge in [-0.25, -0.2) is 5.73 Å². The molecule has 0 aliphatic rings. The minimum absolute atomic E-state index is 1.49. The molecule has 0 saturated carbocycles. The molecule has 0 saturated heterocycles. The normalized spacial score (nSPS) is 14.3. The fourth-order valence-electron chi connectivity index (χ4n) is 0.196. The van der Waals surface area contributed by atoms with Crippen LogP contribution in [0.4, 0.5) is 0 Å². The van der Waals surface area contributed by atoms with Crippen LogP contribution in [0.3, 0.4) is 0 Å². The summed E-state index contributed by atoms with van der Waals surface area (Å²) >= 11 is 0. The van der Waals surface area contributed by atoms with E-state index in [0.717, 1.165) is 0 Å². The molecule has 0 fully saturated rings. The van der Waals surface area contributed by atoms with Crippen molar-refractivity contribution in [3.8, 4) is 18.5 Å². The van der Waals surface area contributed by atoms with Crippen molar-refractivity contribution in [2.24, 2.45) is 11.5 Å². The second-order valence-corrected chi connectivity index (χ2v) is 1.45. The molecule has 2 atom stereocenters. The summed E-state index contributed by atoms with van der Waals surface area (Å²) in [4.78, 5) is 3.11. The van der Waals surface area contributed by atoms with Gasteiger partial charge in [0.2, 0.25) is 0 Å². The minimum atomic E-state index is -1.49. The molecule has 0 rings (SSSR count). The molecule has 48 valence electrons. The number of nitrogens with zero attached hydrogens (tertiary/aromatic N) is 1. The van der Waals surface area contributed by atoms with E-state index in [4.69, 9.17) is 18.0 Å². The summed E-state index contributed by atoms with van der Waals surface area (Å²) in [5.41, 5.74) is 10.0. The average molecular weight is 144 g/mol. The second-order valence-electron chi connectivity index (χ2n) is 1.21. The second kappa shape index (κ2) is 3.27. The van der Waals surface area contributed by atoms with Crippen molar-refractivity contribution in [1.82, 2.24) is 0 Å². The third kappa shape index (κ3) is 2.30. The summed E-state index contributed by atoms with van der Waals surface area (Å²) < 4.78 is 4.48. The highest BCUT2D eigenvalue weighted by molar-refractivity contribution is 7.09. The van der Waals surface area contributed by atoms with Gasteiger partial charge in [-0.05, 0) is 4.85 Å². The molecule has 4 N–H and O–H groups in total. The Kier molecular flexibility index (Phi) is 2.98. The highest BCUT2D eigenvalue weighted by Gasteiger charge is 2.32. The Hall–Kier alpha value is -0.800. The van der Waals surface area contributed by atoms with Gasteiger partial charge in [0.15, 0.2) is 0 Å². The van der Waals surface area contributed by atoms with Gasteiger partial charge in [0, 0.05) is 15.5 Å². The van der Waals surface area contributed by atoms with Crippen molar-refractivity contribution >= 4 is 9.47 Å². The number of hydrogen-bond acceptors (Lipinski definition) is 3. The van der Waals surface area contributed by atoms with E-state index >= 15 is 0 Å². The fraction of sp³-hybridized carbons (Fsp3) is 0.250. The van der Waals surface area contributed by atoms with Crippen LogP contribution in [0.15, 0.2) is 0 Å². The topological polar surface area (TPSA) is 65.6 Å². The fourth-order valence-corrected chi connectivity index (χ4v) is 0.315. The van der Waals surface area contributed by atoms with Crippen molar-refractivity contribution in [3.63, 3.8) is 0 Å². The molecule has 2 unspecified atom stereocenters. The zero-order chi connectivity index (χ0) is 7.33. The smallest absolute Gasteiger partial charge is 0.359 e. The molecule has 5 heteroatoms. The van der Waals surface area contributed by atoms with E-state index in [1.54, 1.807) is 0 Å². The lowest BCUT2D eigenvalue weighted by Gasteiger charge is -1.98. The largest absolute Gasteiger partial charge is 0.512 e. The van der Waals surface area contributed by atoms with E-state index in [-0.39, 0.29) is 0 Å². The third-order valence-electron chi connectivity index (χ3n) is 0.623. The van der Waals surface area contributed by atoms with Crippen molar-refractivity contribution in [2.45, 2.75) is 5.85 Å². The molecule has 0 aromatic carbocycles. The Morgan fingerprint density at radius 3 is 2.44 bits per heavy atom. The third-order valence-corrected chi connectivity index (χ3v) is 0.982. The average Bonchev–Trinajstić information content (AvgIpc) is 1.89. The molecule has 0 spiro atoms. The van der Waals surface area contributed by atoms with Gasteiger partial charge in [-0.3, -0.25) is 4.52 Å². The van der Waals surface area contributed by atoms with Crippen molar-refractivity contribution in [2.75, 3.05) is 0 Å². The predicted molar refractivity (Wildman–Crippen MR) is 38.0 cm³/mol. The van der Waals surface area contributed by atoms with Crippen molar-refractivity contribution in [1.29, 1.82) is 0 Å². The van der Waals surface area contributed by atoms with E-state index in [1.807, 2.05) is 15.5 Å². The number of rotatable bonds is 1. The first-order valence-electron chi connectivity index (χ1n) is 2.00. The Morgan fingerprint density at radius 1 is 1.78 bits per heavy atom. The monoisotopic (exact) mass is 144 g/mol. The molecular weight excluding hydrogens is 137 g/mol. The van der Waals surface area contributed by atoms with E-state index in [0.29, 0.717) is 0 Å². The highest BCUT2D eigenvalue weighted by Crippen LogP contribution is 2.06. The first-order valence-corrected chi connectivity index (χ1v) is 2.47. The Bertz CT molecular complexity index is 188. The summed E-state index contributed by atoms with van der Waals surface area (Å²) in [6, 6.07) is 2.02. The van der Waals surface area contributed by atoms with Gasteiger partial charge in [-0.15, -0.1) is 0 Å². The van der Waals surface area contributed by atoms with Crippen LogP contribution in [0.1, 0.15) is 0 Å². The van der Waals surface area contributed by atoms with Crippen LogP contribution in [0, 0.1) is 18.5 Å². The zero-order valence-electron chi connectivity index (χ0n) is 4.66. The van der Waals surface area contributed by atoms with Gasteiger partial charge < -0.3 is 5.73 Å². The van der Waals surface area contributed by atoms with E-state index in [1.165, 1.54) is 0 Å². The van der Waals surface area contributed by atoms with Crippen LogP contribution in [0.5, 0.6) is 0 Å². The van der Waals surface area contributed by atoms with Gasteiger partial charge >= 0.3 is 5.85 Å². The number of nitrogens with two attached hydrogens (primary N) is 2. The maximum Gasteiger partial charge on any atom is 0.512 e. The molecule has 0 aromatic heterocycles. The Balaban J connectivity index is 4.27. The first-order chi connectivity index (χ1) is 4.18. The van der Waals surface area contributed by atoms with Crippen LogP contribution in [-0.4, -0.2) is 5.85 Å². The van der Waals surface area contributed by atoms with Crippen molar-refractivity contribution in [3.05, 3.63) is 4.85 Å². The summed E-state index contributed by atoms with van der Waals surface area (Å²) in [6.07, 6.45) is 0. The van der Waals surface area contributed by atoms with E-state index < -0.39 is 5.85 Å². The SMILES string of the molecule is C#[N+]C(N)(C#CN)OP. The summed E-state index contributed by atoms with van der Waals surface area (Å²) in [5.74, 6) is 0.742. The molecule has 0 radical (unpaired) electrons. The van der Waals surface area contributed by atoms with Crippen molar-refractivity contribution < 1.29 is 4.52 Å².